The number of nitrogens with one attached hydrogen (secondary N) is 3. The smallest absolute Gasteiger partial charge is 0.276 e. The van der Waals surface area contributed by atoms with E-state index in [4.69, 9.17) is 20.9 Å². The summed E-state index contributed by atoms with van der Waals surface area (Å²) in [5.41, 5.74) is 2.95. The Labute approximate surface area is 226 Å². The number of nitrogens with zero attached hydrogens (tertiary/aromatic N) is 3. The second-order valence-corrected chi connectivity index (χ2v) is 11.2. The first-order chi connectivity index (χ1) is 18.4. The number of anilines is 5. The van der Waals surface area contributed by atoms with E-state index < -0.39 is 7.52 Å². The molecule has 12 heteroatoms. The van der Waals surface area contributed by atoms with Crippen LogP contribution in [-0.2, 0) is 24.8 Å². The zero-order valence-electron chi connectivity index (χ0n) is 21.0. The lowest BCUT2D eigenvalue weighted by Gasteiger charge is -2.33. The molecule has 3 N–H and O–H groups in total. The third-order valence-electron chi connectivity index (χ3n) is 5.66. The van der Waals surface area contributed by atoms with Crippen molar-refractivity contribution in [3.63, 3.8) is 0 Å². The molecule has 4 rings (SSSR count). The highest BCUT2D eigenvalue weighted by molar-refractivity contribution is 7.55. The van der Waals surface area contributed by atoms with E-state index in [0.29, 0.717) is 67.2 Å². The fourth-order valence-electron chi connectivity index (χ4n) is 3.86. The van der Waals surface area contributed by atoms with Gasteiger partial charge in [-0.05, 0) is 48.9 Å². The predicted molar refractivity (Wildman–Crippen MR) is 151 cm³/mol. The number of aromatic nitrogens is 2. The molecule has 1 amide bonds. The molecule has 1 aliphatic rings. The number of benzene rings is 2. The zero-order chi connectivity index (χ0) is 27.0. The molecular weight excluding hydrogens is 527 g/mol. The number of hydrogen-bond acceptors (Lipinski definition) is 8. The first-order valence-electron chi connectivity index (χ1n) is 12.1. The summed E-state index contributed by atoms with van der Waals surface area (Å²) < 4.78 is 26.6. The quantitative estimate of drug-likeness (QED) is 0.199. The van der Waals surface area contributed by atoms with Crippen LogP contribution >= 0.6 is 19.1 Å². The SMILES string of the molecule is C=CC(=O)Nc1cccc(Nc2nc(Nc3ccc(CP(=O)(OCC)N4CCOCC4)cc3)ncc2Cl)c1. The van der Waals surface area contributed by atoms with E-state index in [0.717, 1.165) is 11.3 Å². The first kappa shape index (κ1) is 27.8. The highest BCUT2D eigenvalue weighted by Crippen LogP contribution is 2.54. The molecule has 1 atom stereocenters. The van der Waals surface area contributed by atoms with Gasteiger partial charge in [0.15, 0.2) is 5.82 Å². The molecule has 1 fully saturated rings. The summed E-state index contributed by atoms with van der Waals surface area (Å²) in [6, 6.07) is 14.7. The van der Waals surface area contributed by atoms with Crippen LogP contribution in [0.25, 0.3) is 0 Å². The number of carbonyl (C=O) groups excluding carboxylic acids is 1. The van der Waals surface area contributed by atoms with Crippen LogP contribution in [0.2, 0.25) is 5.02 Å². The topological polar surface area (TPSA) is 118 Å². The van der Waals surface area contributed by atoms with E-state index >= 15 is 0 Å². The van der Waals surface area contributed by atoms with Crippen LogP contribution < -0.4 is 16.0 Å². The Kier molecular flexibility index (Phi) is 9.49. The highest BCUT2D eigenvalue weighted by Gasteiger charge is 2.33. The monoisotopic (exact) mass is 556 g/mol. The molecule has 0 saturated carbocycles. The number of hydrogen-bond donors (Lipinski definition) is 3. The van der Waals surface area contributed by atoms with Crippen LogP contribution in [0.1, 0.15) is 12.5 Å². The van der Waals surface area contributed by atoms with Gasteiger partial charge >= 0.3 is 0 Å². The normalized spacial score (nSPS) is 15.3. The number of amides is 1. The second-order valence-electron chi connectivity index (χ2n) is 8.39. The van der Waals surface area contributed by atoms with Gasteiger partial charge in [0.2, 0.25) is 11.9 Å². The van der Waals surface area contributed by atoms with Gasteiger partial charge in [-0.3, -0.25) is 9.36 Å². The van der Waals surface area contributed by atoms with Gasteiger partial charge in [0.1, 0.15) is 5.02 Å². The Balaban J connectivity index is 1.43. The molecule has 0 aliphatic carbocycles. The van der Waals surface area contributed by atoms with E-state index in [1.54, 1.807) is 18.2 Å². The third kappa shape index (κ3) is 7.40. The van der Waals surface area contributed by atoms with E-state index in [1.807, 2.05) is 41.9 Å². The van der Waals surface area contributed by atoms with E-state index in [1.165, 1.54) is 12.3 Å². The lowest BCUT2D eigenvalue weighted by Crippen LogP contribution is -2.34. The molecule has 1 aromatic heterocycles. The number of ether oxygens (including phenoxy) is 1. The van der Waals surface area contributed by atoms with Crippen molar-refractivity contribution in [2.75, 3.05) is 48.9 Å². The minimum atomic E-state index is -3.00. The Hall–Kier alpha value is -3.27. The summed E-state index contributed by atoms with van der Waals surface area (Å²) in [7, 11) is -3.00. The predicted octanol–water partition coefficient (Wildman–Crippen LogP) is 5.80. The summed E-state index contributed by atoms with van der Waals surface area (Å²) in [6.07, 6.45) is 3.02. The minimum absolute atomic E-state index is 0.304. The summed E-state index contributed by atoms with van der Waals surface area (Å²) in [5, 5.41) is 9.36. The molecule has 0 spiro atoms. The third-order valence-corrected chi connectivity index (χ3v) is 8.63. The maximum Gasteiger partial charge on any atom is 0.276 e. The number of rotatable bonds is 11. The van der Waals surface area contributed by atoms with Gasteiger partial charge in [-0.25, -0.2) is 9.65 Å². The largest absolute Gasteiger partial charge is 0.379 e. The van der Waals surface area contributed by atoms with Crippen molar-refractivity contribution in [2.45, 2.75) is 13.1 Å². The van der Waals surface area contributed by atoms with Crippen LogP contribution in [0, 0.1) is 0 Å². The average Bonchev–Trinajstić information content (AvgIpc) is 2.92. The van der Waals surface area contributed by atoms with Crippen molar-refractivity contribution in [1.29, 1.82) is 0 Å². The summed E-state index contributed by atoms with van der Waals surface area (Å²) >= 11 is 6.32. The van der Waals surface area contributed by atoms with Crippen LogP contribution in [0.5, 0.6) is 0 Å². The maximum atomic E-state index is 13.6. The molecule has 1 aliphatic heterocycles. The Morgan fingerprint density at radius 3 is 2.61 bits per heavy atom. The fourth-order valence-corrected chi connectivity index (χ4v) is 6.30. The van der Waals surface area contributed by atoms with Crippen molar-refractivity contribution in [1.82, 2.24) is 14.6 Å². The lowest BCUT2D eigenvalue weighted by atomic mass is 10.2. The van der Waals surface area contributed by atoms with Gasteiger partial charge in [-0.15, -0.1) is 0 Å². The second kappa shape index (κ2) is 13.0. The first-order valence-corrected chi connectivity index (χ1v) is 14.3. The molecule has 0 radical (unpaired) electrons. The highest BCUT2D eigenvalue weighted by atomic mass is 35.5. The molecule has 10 nitrogen and oxygen atoms in total. The van der Waals surface area contributed by atoms with Crippen LogP contribution in [0.4, 0.5) is 28.8 Å². The van der Waals surface area contributed by atoms with Gasteiger partial charge < -0.3 is 25.2 Å². The Morgan fingerprint density at radius 2 is 1.89 bits per heavy atom. The molecular formula is C26H30ClN6O4P. The molecule has 2 aromatic carbocycles. The van der Waals surface area contributed by atoms with Crippen LogP contribution in [-0.4, -0.2) is 53.5 Å². The molecule has 200 valence electrons. The van der Waals surface area contributed by atoms with E-state index in [9.17, 15) is 9.36 Å². The number of morpholine rings is 1. The zero-order valence-corrected chi connectivity index (χ0v) is 22.7. The summed E-state index contributed by atoms with van der Waals surface area (Å²) in [6.45, 7) is 7.98. The van der Waals surface area contributed by atoms with Crippen molar-refractivity contribution in [2.24, 2.45) is 0 Å². The molecule has 38 heavy (non-hydrogen) atoms. The minimum Gasteiger partial charge on any atom is -0.379 e. The molecule has 1 saturated heterocycles. The van der Waals surface area contributed by atoms with Crippen molar-refractivity contribution < 1.29 is 18.6 Å². The molecule has 1 unspecified atom stereocenters. The van der Waals surface area contributed by atoms with Gasteiger partial charge in [0, 0.05) is 30.2 Å². The Bertz CT molecular complexity index is 1320. The number of halogens is 1. The van der Waals surface area contributed by atoms with Crippen molar-refractivity contribution in [3.8, 4) is 0 Å². The van der Waals surface area contributed by atoms with E-state index in [2.05, 4.69) is 32.5 Å². The van der Waals surface area contributed by atoms with Gasteiger partial charge in [0.25, 0.3) is 7.52 Å². The Morgan fingerprint density at radius 1 is 1.16 bits per heavy atom. The van der Waals surface area contributed by atoms with Crippen molar-refractivity contribution in [3.05, 3.63) is 78.0 Å². The average molecular weight is 557 g/mol. The fraction of sp³-hybridized carbons (Fsp3) is 0.269. The standard InChI is InChI=1S/C26H30ClN6O4P/c1-3-24(34)29-21-6-5-7-22(16-21)30-25-23(27)17-28-26(32-25)31-20-10-8-19(9-11-20)18-38(35,37-4-2)33-12-14-36-15-13-33/h3,5-11,16-17H,1,4,12-15,18H2,2H3,(H,29,34)(H2,28,30,31,32). The molecule has 3 aromatic rings. The summed E-state index contributed by atoms with van der Waals surface area (Å²) in [5.74, 6) is 0.437. The number of carbonyl (C=O) groups is 1. The van der Waals surface area contributed by atoms with Crippen molar-refractivity contribution >= 4 is 53.9 Å². The lowest BCUT2D eigenvalue weighted by molar-refractivity contribution is -0.111. The van der Waals surface area contributed by atoms with Gasteiger partial charge in [0.05, 0.1) is 32.2 Å². The maximum absolute atomic E-state index is 13.6. The van der Waals surface area contributed by atoms with E-state index in [-0.39, 0.29) is 5.91 Å². The van der Waals surface area contributed by atoms with Gasteiger partial charge in [-0.2, -0.15) is 4.98 Å². The van der Waals surface area contributed by atoms with Gasteiger partial charge in [-0.1, -0.05) is 36.4 Å². The molecule has 2 heterocycles. The summed E-state index contributed by atoms with van der Waals surface area (Å²) in [4.78, 5) is 20.3. The van der Waals surface area contributed by atoms with Crippen LogP contribution in [0.15, 0.2) is 67.4 Å². The molecule has 0 bridgehead atoms. The van der Waals surface area contributed by atoms with Crippen LogP contribution in [0.3, 0.4) is 0 Å².